The third-order valence-electron chi connectivity index (χ3n) is 3.80. The van der Waals surface area contributed by atoms with Crippen molar-refractivity contribution < 1.29 is 15.0 Å². The molecule has 1 aliphatic rings. The summed E-state index contributed by atoms with van der Waals surface area (Å²) in [5.74, 6) is -1.56. The standard InChI is InChI=1S/C13H15N3O4/c17-8-6-9(18)14-12-10(8)11(13(19)20)15-16(12)7-4-2-1-3-5-7/h6-7H,1-5H2,(H,19,20)(H2,14,17,18). The number of hydrogen-bond donors (Lipinski definition) is 3. The molecule has 0 radical (unpaired) electrons. The topological polar surface area (TPSA) is 108 Å². The number of rotatable bonds is 2. The summed E-state index contributed by atoms with van der Waals surface area (Å²) in [7, 11) is 0. The minimum Gasteiger partial charge on any atom is -0.507 e. The summed E-state index contributed by atoms with van der Waals surface area (Å²) in [6.45, 7) is 0. The van der Waals surface area contributed by atoms with Crippen LogP contribution in [-0.4, -0.2) is 30.9 Å². The summed E-state index contributed by atoms with van der Waals surface area (Å²) in [5, 5.41) is 23.3. The number of nitrogens with one attached hydrogen (secondary N) is 1. The summed E-state index contributed by atoms with van der Waals surface area (Å²) >= 11 is 0. The second-order valence-electron chi connectivity index (χ2n) is 5.13. The molecule has 106 valence electrons. The molecule has 1 fully saturated rings. The smallest absolute Gasteiger partial charge is 0.357 e. The van der Waals surface area contributed by atoms with Crippen LogP contribution >= 0.6 is 0 Å². The van der Waals surface area contributed by atoms with Crippen LogP contribution in [0.1, 0.15) is 48.6 Å². The average Bonchev–Trinajstić information content (AvgIpc) is 2.79. The van der Waals surface area contributed by atoms with Gasteiger partial charge in [-0.25, -0.2) is 9.48 Å². The van der Waals surface area contributed by atoms with Gasteiger partial charge in [-0.2, -0.15) is 5.10 Å². The van der Waals surface area contributed by atoms with Crippen LogP contribution in [0.2, 0.25) is 0 Å². The maximum atomic E-state index is 11.5. The molecular formula is C13H15N3O4. The predicted octanol–water partition coefficient (Wildman–Crippen LogP) is 1.63. The number of aromatic carboxylic acids is 1. The Morgan fingerprint density at radius 1 is 1.35 bits per heavy atom. The molecule has 7 heteroatoms. The molecule has 3 N–H and O–H groups in total. The second kappa shape index (κ2) is 4.66. The third-order valence-corrected chi connectivity index (χ3v) is 3.80. The normalized spacial score (nSPS) is 16.6. The fourth-order valence-corrected chi connectivity index (χ4v) is 2.89. The lowest BCUT2D eigenvalue weighted by atomic mass is 9.96. The van der Waals surface area contributed by atoms with Gasteiger partial charge in [-0.05, 0) is 12.8 Å². The van der Waals surface area contributed by atoms with Crippen LogP contribution in [0, 0.1) is 0 Å². The zero-order valence-corrected chi connectivity index (χ0v) is 10.8. The number of pyridine rings is 1. The van der Waals surface area contributed by atoms with E-state index in [1.807, 2.05) is 0 Å². The zero-order valence-electron chi connectivity index (χ0n) is 10.8. The Bertz CT molecular complexity index is 725. The van der Waals surface area contributed by atoms with E-state index < -0.39 is 11.5 Å². The van der Waals surface area contributed by atoms with Gasteiger partial charge in [-0.1, -0.05) is 19.3 Å². The Balaban J connectivity index is 2.26. The highest BCUT2D eigenvalue weighted by molar-refractivity contribution is 6.02. The van der Waals surface area contributed by atoms with Crippen molar-refractivity contribution >= 4 is 17.0 Å². The van der Waals surface area contributed by atoms with E-state index in [4.69, 9.17) is 0 Å². The average molecular weight is 277 g/mol. The zero-order chi connectivity index (χ0) is 14.3. The molecule has 2 heterocycles. The van der Waals surface area contributed by atoms with Gasteiger partial charge >= 0.3 is 5.97 Å². The molecule has 20 heavy (non-hydrogen) atoms. The molecule has 7 nitrogen and oxygen atoms in total. The van der Waals surface area contributed by atoms with Crippen molar-refractivity contribution in [2.24, 2.45) is 0 Å². The van der Waals surface area contributed by atoms with Crippen LogP contribution in [0.3, 0.4) is 0 Å². The molecule has 3 rings (SSSR count). The van der Waals surface area contributed by atoms with Crippen molar-refractivity contribution in [2.75, 3.05) is 0 Å². The minimum atomic E-state index is -1.22. The number of fused-ring (bicyclic) bond motifs is 1. The molecule has 0 atom stereocenters. The molecule has 1 aliphatic carbocycles. The molecule has 0 amide bonds. The van der Waals surface area contributed by atoms with E-state index in [9.17, 15) is 19.8 Å². The predicted molar refractivity (Wildman–Crippen MR) is 71.1 cm³/mol. The lowest BCUT2D eigenvalue weighted by molar-refractivity contribution is 0.0690. The van der Waals surface area contributed by atoms with Crippen LogP contribution in [0.25, 0.3) is 11.0 Å². The third kappa shape index (κ3) is 1.95. The molecule has 0 unspecified atom stereocenters. The second-order valence-corrected chi connectivity index (χ2v) is 5.13. The largest absolute Gasteiger partial charge is 0.507 e. The molecule has 2 aromatic rings. The van der Waals surface area contributed by atoms with Crippen LogP contribution in [0.4, 0.5) is 0 Å². The van der Waals surface area contributed by atoms with E-state index in [0.29, 0.717) is 5.65 Å². The lowest BCUT2D eigenvalue weighted by Gasteiger charge is -2.22. The summed E-state index contributed by atoms with van der Waals surface area (Å²) < 4.78 is 1.55. The molecule has 1 saturated carbocycles. The van der Waals surface area contributed by atoms with Gasteiger partial charge in [0.2, 0.25) is 0 Å². The summed E-state index contributed by atoms with van der Waals surface area (Å²) in [5.41, 5.74) is -0.400. The van der Waals surface area contributed by atoms with Crippen LogP contribution in [-0.2, 0) is 0 Å². The van der Waals surface area contributed by atoms with E-state index >= 15 is 0 Å². The first kappa shape index (κ1) is 12.7. The highest BCUT2D eigenvalue weighted by atomic mass is 16.4. The fourth-order valence-electron chi connectivity index (χ4n) is 2.89. The molecule has 0 bridgehead atoms. The maximum Gasteiger partial charge on any atom is 0.357 e. The molecule has 0 aliphatic heterocycles. The van der Waals surface area contributed by atoms with Gasteiger partial charge in [0.25, 0.3) is 5.56 Å². The van der Waals surface area contributed by atoms with Crippen LogP contribution in [0.5, 0.6) is 5.75 Å². The highest BCUT2D eigenvalue weighted by Crippen LogP contribution is 2.33. The Morgan fingerprint density at radius 3 is 2.70 bits per heavy atom. The van der Waals surface area contributed by atoms with E-state index in [1.165, 1.54) is 0 Å². The number of carbonyl (C=O) groups is 1. The lowest BCUT2D eigenvalue weighted by Crippen LogP contribution is -2.16. The highest BCUT2D eigenvalue weighted by Gasteiger charge is 2.25. The number of aromatic nitrogens is 3. The molecule has 2 aromatic heterocycles. The first-order chi connectivity index (χ1) is 9.58. The SMILES string of the molecule is O=C(O)c1nn(C2CCCCC2)c2[nH]c(=O)cc(O)c12. The fraction of sp³-hybridized carbons (Fsp3) is 0.462. The number of H-pyrrole nitrogens is 1. The molecular weight excluding hydrogens is 262 g/mol. The van der Waals surface area contributed by atoms with Crippen molar-refractivity contribution in [2.45, 2.75) is 38.1 Å². The number of nitrogens with zero attached hydrogens (tertiary/aromatic N) is 2. The Morgan fingerprint density at radius 2 is 2.05 bits per heavy atom. The Hall–Kier alpha value is -2.31. The number of carboxylic acid groups (broad SMARTS) is 1. The van der Waals surface area contributed by atoms with Gasteiger partial charge in [0.05, 0.1) is 11.4 Å². The van der Waals surface area contributed by atoms with Crippen LogP contribution < -0.4 is 5.56 Å². The maximum absolute atomic E-state index is 11.5. The van der Waals surface area contributed by atoms with Crippen molar-refractivity contribution in [3.63, 3.8) is 0 Å². The Kier molecular flexibility index (Phi) is 2.96. The molecule has 0 spiro atoms. The van der Waals surface area contributed by atoms with E-state index in [0.717, 1.165) is 38.2 Å². The van der Waals surface area contributed by atoms with Crippen molar-refractivity contribution in [1.82, 2.24) is 14.8 Å². The molecule has 0 aromatic carbocycles. The summed E-state index contributed by atoms with van der Waals surface area (Å²) in [4.78, 5) is 25.4. The Labute approximate surface area is 113 Å². The number of hydrogen-bond acceptors (Lipinski definition) is 4. The monoisotopic (exact) mass is 277 g/mol. The van der Waals surface area contributed by atoms with Crippen LogP contribution in [0.15, 0.2) is 10.9 Å². The van der Waals surface area contributed by atoms with Gasteiger partial charge in [-0.3, -0.25) is 4.79 Å². The van der Waals surface area contributed by atoms with Crippen molar-refractivity contribution in [1.29, 1.82) is 0 Å². The first-order valence-corrected chi connectivity index (χ1v) is 6.65. The number of aromatic amines is 1. The molecule has 0 saturated heterocycles. The van der Waals surface area contributed by atoms with E-state index in [1.54, 1.807) is 4.68 Å². The van der Waals surface area contributed by atoms with Gasteiger partial charge in [-0.15, -0.1) is 0 Å². The summed E-state index contributed by atoms with van der Waals surface area (Å²) in [6, 6.07) is 1.04. The van der Waals surface area contributed by atoms with Crippen molar-refractivity contribution in [3.8, 4) is 5.75 Å². The minimum absolute atomic E-state index is 0.0665. The number of carboxylic acids is 1. The van der Waals surface area contributed by atoms with Gasteiger partial charge < -0.3 is 15.2 Å². The van der Waals surface area contributed by atoms with Crippen molar-refractivity contribution in [3.05, 3.63) is 22.1 Å². The summed E-state index contributed by atoms with van der Waals surface area (Å²) in [6.07, 6.45) is 5.05. The van der Waals surface area contributed by atoms with Gasteiger partial charge in [0, 0.05) is 6.07 Å². The van der Waals surface area contributed by atoms with Gasteiger partial charge in [0.15, 0.2) is 5.69 Å². The number of aromatic hydroxyl groups is 1. The van der Waals surface area contributed by atoms with Gasteiger partial charge in [0.1, 0.15) is 11.4 Å². The van der Waals surface area contributed by atoms with E-state index in [2.05, 4.69) is 10.1 Å². The quantitative estimate of drug-likeness (QED) is 0.773. The van der Waals surface area contributed by atoms with E-state index in [-0.39, 0.29) is 22.9 Å². The first-order valence-electron chi connectivity index (χ1n) is 6.65.